The molecule has 7 nitrogen and oxygen atoms in total. The van der Waals surface area contributed by atoms with Crippen molar-refractivity contribution < 1.29 is 0 Å². The topological polar surface area (TPSA) is 83.2 Å². The number of aromatic nitrogens is 3. The van der Waals surface area contributed by atoms with Gasteiger partial charge in [-0.2, -0.15) is 15.0 Å². The third-order valence-electron chi connectivity index (χ3n) is 3.57. The summed E-state index contributed by atoms with van der Waals surface area (Å²) in [6.07, 6.45) is 5.96. The normalized spacial score (nSPS) is 14.7. The lowest BCUT2D eigenvalue weighted by atomic mass is 10.2. The smallest absolute Gasteiger partial charge is 0.243 e. The number of anilines is 3. The number of hydrazine groups is 1. The molecule has 0 bridgehead atoms. The van der Waals surface area contributed by atoms with Gasteiger partial charge in [-0.3, -0.25) is 5.43 Å². The number of nitrogens with zero attached hydrogens (tertiary/aromatic N) is 5. The number of nitrogens with one attached hydrogen (secondary N) is 1. The maximum atomic E-state index is 5.47. The largest absolute Gasteiger partial charge is 0.344 e. The minimum absolute atomic E-state index is 0.430. The molecule has 0 aromatic carbocycles. The van der Waals surface area contributed by atoms with E-state index in [2.05, 4.69) is 37.1 Å². The van der Waals surface area contributed by atoms with E-state index in [4.69, 9.17) is 5.84 Å². The van der Waals surface area contributed by atoms with Crippen molar-refractivity contribution in [3.63, 3.8) is 0 Å². The van der Waals surface area contributed by atoms with Crippen LogP contribution in [0.3, 0.4) is 0 Å². The Morgan fingerprint density at radius 1 is 1.20 bits per heavy atom. The van der Waals surface area contributed by atoms with Crippen LogP contribution in [0.5, 0.6) is 0 Å². The van der Waals surface area contributed by atoms with E-state index in [1.165, 1.54) is 25.7 Å². The molecule has 2 rings (SSSR count). The molecule has 1 fully saturated rings. The van der Waals surface area contributed by atoms with E-state index in [0.717, 1.165) is 32.0 Å². The molecule has 1 aromatic rings. The molecule has 1 aliphatic rings. The van der Waals surface area contributed by atoms with E-state index in [1.54, 1.807) is 0 Å². The van der Waals surface area contributed by atoms with Crippen molar-refractivity contribution in [1.29, 1.82) is 0 Å². The second kappa shape index (κ2) is 7.23. The Morgan fingerprint density at radius 2 is 1.95 bits per heavy atom. The maximum Gasteiger partial charge on any atom is 0.243 e. The van der Waals surface area contributed by atoms with Gasteiger partial charge in [0.1, 0.15) is 0 Å². The summed E-state index contributed by atoms with van der Waals surface area (Å²) in [6, 6.07) is 0. The Kier molecular flexibility index (Phi) is 5.34. The van der Waals surface area contributed by atoms with Gasteiger partial charge in [-0.25, -0.2) is 5.84 Å². The summed E-state index contributed by atoms with van der Waals surface area (Å²) in [7, 11) is 2.01. The van der Waals surface area contributed by atoms with Crippen molar-refractivity contribution in [1.82, 2.24) is 15.0 Å². The van der Waals surface area contributed by atoms with Gasteiger partial charge in [0, 0.05) is 26.7 Å². The van der Waals surface area contributed by atoms with E-state index in [-0.39, 0.29) is 0 Å². The molecular weight excluding hydrogens is 254 g/mol. The lowest BCUT2D eigenvalue weighted by Gasteiger charge is -2.21. The fourth-order valence-electron chi connectivity index (χ4n) is 2.35. The second-order valence-electron chi connectivity index (χ2n) is 5.23. The molecule has 112 valence electrons. The molecule has 0 spiro atoms. The molecule has 1 aromatic heterocycles. The van der Waals surface area contributed by atoms with Crippen molar-refractivity contribution >= 4 is 17.8 Å². The van der Waals surface area contributed by atoms with E-state index in [1.807, 2.05) is 7.05 Å². The Bertz CT molecular complexity index is 417. The van der Waals surface area contributed by atoms with E-state index < -0.39 is 0 Å². The third kappa shape index (κ3) is 3.69. The summed E-state index contributed by atoms with van der Waals surface area (Å²) in [5, 5.41) is 0. The first kappa shape index (κ1) is 14.8. The van der Waals surface area contributed by atoms with Gasteiger partial charge in [0.25, 0.3) is 0 Å². The highest BCUT2D eigenvalue weighted by Gasteiger charge is 2.18. The summed E-state index contributed by atoms with van der Waals surface area (Å²) in [4.78, 5) is 17.5. The molecule has 0 atom stereocenters. The first-order valence-corrected chi connectivity index (χ1v) is 7.43. The number of nitrogens with two attached hydrogens (primary N) is 1. The number of hydrogen-bond donors (Lipinski definition) is 2. The molecule has 3 N–H and O–H groups in total. The van der Waals surface area contributed by atoms with Gasteiger partial charge in [0.2, 0.25) is 17.8 Å². The Balaban J connectivity index is 2.12. The van der Waals surface area contributed by atoms with Crippen molar-refractivity contribution in [3.8, 4) is 0 Å². The minimum atomic E-state index is 0.430. The van der Waals surface area contributed by atoms with Gasteiger partial charge in [0.15, 0.2) is 0 Å². The van der Waals surface area contributed by atoms with Gasteiger partial charge in [-0.15, -0.1) is 0 Å². The minimum Gasteiger partial charge on any atom is -0.344 e. The van der Waals surface area contributed by atoms with Gasteiger partial charge < -0.3 is 9.80 Å². The Hall–Kier alpha value is -1.63. The highest BCUT2D eigenvalue weighted by molar-refractivity contribution is 5.44. The molecule has 20 heavy (non-hydrogen) atoms. The number of hydrogen-bond acceptors (Lipinski definition) is 7. The summed E-state index contributed by atoms with van der Waals surface area (Å²) >= 11 is 0. The Morgan fingerprint density at radius 3 is 2.60 bits per heavy atom. The summed E-state index contributed by atoms with van der Waals surface area (Å²) in [6.45, 7) is 5.16. The molecule has 2 heterocycles. The van der Waals surface area contributed by atoms with Crippen LogP contribution in [0.2, 0.25) is 0 Å². The predicted molar refractivity (Wildman–Crippen MR) is 81.9 cm³/mol. The van der Waals surface area contributed by atoms with E-state index >= 15 is 0 Å². The van der Waals surface area contributed by atoms with Crippen LogP contribution in [0.25, 0.3) is 0 Å². The zero-order valence-corrected chi connectivity index (χ0v) is 12.5. The molecule has 0 amide bonds. The quantitative estimate of drug-likeness (QED) is 0.443. The zero-order valence-electron chi connectivity index (χ0n) is 12.5. The van der Waals surface area contributed by atoms with Crippen LogP contribution in [0.4, 0.5) is 17.8 Å². The summed E-state index contributed by atoms with van der Waals surface area (Å²) < 4.78 is 0. The highest BCUT2D eigenvalue weighted by Crippen LogP contribution is 2.19. The average molecular weight is 279 g/mol. The van der Waals surface area contributed by atoms with Crippen LogP contribution in [-0.2, 0) is 0 Å². The molecular formula is C13H25N7. The lowest BCUT2D eigenvalue weighted by molar-refractivity contribution is 0.694. The third-order valence-corrected chi connectivity index (χ3v) is 3.57. The van der Waals surface area contributed by atoms with Crippen LogP contribution < -0.4 is 21.1 Å². The van der Waals surface area contributed by atoms with Crippen LogP contribution in [0.1, 0.15) is 39.0 Å². The number of nitrogen functional groups attached to an aromatic ring is 1. The first-order chi connectivity index (χ1) is 9.74. The fraction of sp³-hybridized carbons (Fsp3) is 0.769. The van der Waals surface area contributed by atoms with Gasteiger partial charge in [-0.05, 0) is 19.3 Å². The second-order valence-corrected chi connectivity index (χ2v) is 5.23. The maximum absolute atomic E-state index is 5.47. The van der Waals surface area contributed by atoms with Crippen molar-refractivity contribution in [2.45, 2.75) is 39.0 Å². The van der Waals surface area contributed by atoms with E-state index in [9.17, 15) is 0 Å². The zero-order chi connectivity index (χ0) is 14.4. The van der Waals surface area contributed by atoms with Gasteiger partial charge in [-0.1, -0.05) is 19.8 Å². The number of unbranched alkanes of at least 4 members (excludes halogenated alkanes) is 2. The molecule has 0 unspecified atom stereocenters. The van der Waals surface area contributed by atoms with Crippen molar-refractivity contribution in [2.75, 3.05) is 41.9 Å². The highest BCUT2D eigenvalue weighted by atomic mass is 15.4. The molecule has 0 aliphatic carbocycles. The predicted octanol–water partition coefficient (Wildman–Crippen LogP) is 1.38. The first-order valence-electron chi connectivity index (χ1n) is 7.43. The van der Waals surface area contributed by atoms with E-state index in [0.29, 0.717) is 11.9 Å². The fourth-order valence-corrected chi connectivity index (χ4v) is 2.35. The van der Waals surface area contributed by atoms with Gasteiger partial charge >= 0.3 is 0 Å². The van der Waals surface area contributed by atoms with Crippen LogP contribution in [0, 0.1) is 0 Å². The van der Waals surface area contributed by atoms with Crippen LogP contribution >= 0.6 is 0 Å². The van der Waals surface area contributed by atoms with Gasteiger partial charge in [0.05, 0.1) is 0 Å². The SMILES string of the molecule is CCCCCN(C)c1nc(NN)nc(N2CCCC2)n1. The lowest BCUT2D eigenvalue weighted by Crippen LogP contribution is -2.26. The summed E-state index contributed by atoms with van der Waals surface area (Å²) in [5.74, 6) is 7.31. The van der Waals surface area contributed by atoms with Crippen molar-refractivity contribution in [3.05, 3.63) is 0 Å². The van der Waals surface area contributed by atoms with Crippen LogP contribution in [0.15, 0.2) is 0 Å². The summed E-state index contributed by atoms with van der Waals surface area (Å²) in [5.41, 5.74) is 2.54. The molecule has 0 saturated carbocycles. The molecule has 1 aliphatic heterocycles. The monoisotopic (exact) mass is 279 g/mol. The van der Waals surface area contributed by atoms with Crippen LogP contribution in [-0.4, -0.2) is 41.6 Å². The molecule has 0 radical (unpaired) electrons. The molecule has 7 heteroatoms. The number of rotatable bonds is 7. The standard InChI is InChI=1S/C13H25N7/c1-3-4-5-8-19(2)12-15-11(18-14)16-13(17-12)20-9-6-7-10-20/h3-10,14H2,1-2H3,(H,15,16,17,18). The van der Waals surface area contributed by atoms with Crippen molar-refractivity contribution in [2.24, 2.45) is 5.84 Å². The average Bonchev–Trinajstić information content (AvgIpc) is 3.01. The molecule has 1 saturated heterocycles. The Labute approximate surface area is 120 Å².